The van der Waals surface area contributed by atoms with Crippen molar-refractivity contribution in [1.29, 1.82) is 0 Å². The minimum Gasteiger partial charge on any atom is -0.478 e. The zero-order valence-corrected chi connectivity index (χ0v) is 17.8. The number of hydrogen-bond acceptors (Lipinski definition) is 3. The average molecular weight is 383 g/mol. The van der Waals surface area contributed by atoms with E-state index in [4.69, 9.17) is 9.73 Å². The number of benzene rings is 2. The Morgan fingerprint density at radius 1 is 0.963 bits per heavy atom. The molecule has 0 aromatic heterocycles. The highest BCUT2D eigenvalue weighted by atomic mass is 31.2. The number of nitrogens with zero attached hydrogens (tertiary/aromatic N) is 1. The van der Waals surface area contributed by atoms with Crippen LogP contribution in [0.25, 0.3) is 0 Å². The highest BCUT2D eigenvalue weighted by molar-refractivity contribution is 7.80. The Bertz CT molecular complexity index is 794. The van der Waals surface area contributed by atoms with Crippen molar-refractivity contribution in [3.8, 4) is 0 Å². The van der Waals surface area contributed by atoms with Gasteiger partial charge in [-0.15, -0.1) is 0 Å². The SMILES string of the molecule is CC(C)[C@H]1COC([C@@H](C(C)(C)C)P(=O)(c2ccccc2)c2ccccc2)=N1. The summed E-state index contributed by atoms with van der Waals surface area (Å²) < 4.78 is 20.9. The van der Waals surface area contributed by atoms with Crippen LogP contribution in [0.15, 0.2) is 65.7 Å². The second-order valence-corrected chi connectivity index (χ2v) is 11.6. The van der Waals surface area contributed by atoms with Gasteiger partial charge in [-0.2, -0.15) is 0 Å². The van der Waals surface area contributed by atoms with Gasteiger partial charge in [0.1, 0.15) is 12.3 Å². The molecule has 0 aliphatic carbocycles. The molecule has 1 aliphatic rings. The van der Waals surface area contributed by atoms with Crippen molar-refractivity contribution >= 4 is 23.6 Å². The predicted octanol–water partition coefficient (Wildman–Crippen LogP) is 4.87. The maximum absolute atomic E-state index is 14.9. The standard InChI is InChI=1S/C23H30NO2P/c1-17(2)20-16-26-22(24-20)21(23(3,4)5)27(25,18-12-8-6-9-13-18)19-14-10-7-11-15-19/h6-15,17,20-21H,16H2,1-5H3/t20-,21+/m1/s1. The minimum atomic E-state index is -3.02. The van der Waals surface area contributed by atoms with E-state index in [9.17, 15) is 4.57 Å². The molecule has 3 rings (SSSR count). The molecule has 0 radical (unpaired) electrons. The van der Waals surface area contributed by atoms with Gasteiger partial charge < -0.3 is 9.30 Å². The van der Waals surface area contributed by atoms with Crippen LogP contribution in [0.5, 0.6) is 0 Å². The highest BCUT2D eigenvalue weighted by Crippen LogP contribution is 2.56. The summed E-state index contributed by atoms with van der Waals surface area (Å²) in [6.45, 7) is 11.3. The number of ether oxygens (including phenoxy) is 1. The van der Waals surface area contributed by atoms with Crippen molar-refractivity contribution in [3.63, 3.8) is 0 Å². The molecular weight excluding hydrogens is 353 g/mol. The molecule has 2 atom stereocenters. The van der Waals surface area contributed by atoms with E-state index in [1.165, 1.54) is 0 Å². The van der Waals surface area contributed by atoms with Gasteiger partial charge in [-0.05, 0) is 11.3 Å². The molecule has 0 fully saturated rings. The lowest BCUT2D eigenvalue weighted by Gasteiger charge is -2.37. The van der Waals surface area contributed by atoms with Crippen LogP contribution in [0.1, 0.15) is 34.6 Å². The zero-order chi connectivity index (χ0) is 19.7. The first kappa shape index (κ1) is 19.9. The Morgan fingerprint density at radius 2 is 1.44 bits per heavy atom. The Labute approximate surface area is 163 Å². The Hall–Kier alpha value is -1.86. The van der Waals surface area contributed by atoms with E-state index in [-0.39, 0.29) is 17.1 Å². The number of rotatable bonds is 5. The summed E-state index contributed by atoms with van der Waals surface area (Å²) in [7, 11) is -3.02. The van der Waals surface area contributed by atoms with Crippen LogP contribution in [-0.2, 0) is 9.30 Å². The molecule has 0 N–H and O–H groups in total. The largest absolute Gasteiger partial charge is 0.478 e. The van der Waals surface area contributed by atoms with Crippen LogP contribution < -0.4 is 10.6 Å². The van der Waals surface area contributed by atoms with Crippen molar-refractivity contribution < 1.29 is 9.30 Å². The van der Waals surface area contributed by atoms with Crippen molar-refractivity contribution in [3.05, 3.63) is 60.7 Å². The van der Waals surface area contributed by atoms with E-state index in [1.54, 1.807) is 0 Å². The van der Waals surface area contributed by atoms with Crippen LogP contribution in [0, 0.1) is 11.3 Å². The summed E-state index contributed by atoms with van der Waals surface area (Å²) in [4.78, 5) is 4.89. The van der Waals surface area contributed by atoms with Gasteiger partial charge in [-0.25, -0.2) is 4.99 Å². The Balaban J connectivity index is 2.22. The second kappa shape index (κ2) is 7.64. The van der Waals surface area contributed by atoms with E-state index in [0.717, 1.165) is 10.6 Å². The molecule has 144 valence electrons. The molecule has 2 aromatic rings. The fourth-order valence-electron chi connectivity index (χ4n) is 3.72. The molecule has 0 spiro atoms. The molecule has 1 heterocycles. The first-order valence-electron chi connectivity index (χ1n) is 9.66. The summed E-state index contributed by atoms with van der Waals surface area (Å²) in [6, 6.07) is 19.8. The lowest BCUT2D eigenvalue weighted by Crippen LogP contribution is -2.41. The van der Waals surface area contributed by atoms with Gasteiger partial charge in [-0.3, -0.25) is 0 Å². The normalized spacial score (nSPS) is 18.9. The first-order valence-corrected chi connectivity index (χ1v) is 11.4. The summed E-state index contributed by atoms with van der Waals surface area (Å²) in [5.41, 5.74) is -0.579. The molecule has 4 heteroatoms. The van der Waals surface area contributed by atoms with Crippen LogP contribution >= 0.6 is 7.14 Å². The Morgan fingerprint density at radius 3 is 1.81 bits per heavy atom. The van der Waals surface area contributed by atoms with Crippen molar-refractivity contribution in [1.82, 2.24) is 0 Å². The van der Waals surface area contributed by atoms with Crippen molar-refractivity contribution in [2.24, 2.45) is 16.3 Å². The third kappa shape index (κ3) is 3.89. The van der Waals surface area contributed by atoms with E-state index in [2.05, 4.69) is 34.6 Å². The third-order valence-electron chi connectivity index (χ3n) is 5.16. The van der Waals surface area contributed by atoms with E-state index < -0.39 is 7.14 Å². The minimum absolute atomic E-state index is 0.129. The lowest BCUT2D eigenvalue weighted by molar-refractivity contribution is 0.274. The molecule has 0 bridgehead atoms. The van der Waals surface area contributed by atoms with Gasteiger partial charge in [0.25, 0.3) is 0 Å². The summed E-state index contributed by atoms with van der Waals surface area (Å²) >= 11 is 0. The molecular formula is C23H30NO2P. The predicted molar refractivity (Wildman–Crippen MR) is 115 cm³/mol. The van der Waals surface area contributed by atoms with Crippen LogP contribution in [0.3, 0.4) is 0 Å². The molecule has 1 aliphatic heterocycles. The molecule has 27 heavy (non-hydrogen) atoms. The van der Waals surface area contributed by atoms with Gasteiger partial charge in [0.2, 0.25) is 0 Å². The maximum Gasteiger partial charge on any atom is 0.195 e. The first-order chi connectivity index (χ1) is 12.7. The lowest BCUT2D eigenvalue weighted by atomic mass is 9.91. The fourth-order valence-corrected chi connectivity index (χ4v) is 7.38. The second-order valence-electron chi connectivity index (χ2n) is 8.69. The van der Waals surface area contributed by atoms with E-state index in [0.29, 0.717) is 18.4 Å². The van der Waals surface area contributed by atoms with Gasteiger partial charge >= 0.3 is 0 Å². The van der Waals surface area contributed by atoms with Crippen LogP contribution in [0.2, 0.25) is 0 Å². The zero-order valence-electron chi connectivity index (χ0n) is 16.9. The highest BCUT2D eigenvalue weighted by Gasteiger charge is 2.49. The van der Waals surface area contributed by atoms with Gasteiger partial charge in [0, 0.05) is 10.6 Å². The molecule has 0 unspecified atom stereocenters. The van der Waals surface area contributed by atoms with Crippen molar-refractivity contribution in [2.45, 2.75) is 46.3 Å². The number of hydrogen-bond donors (Lipinski definition) is 0. The summed E-state index contributed by atoms with van der Waals surface area (Å²) in [5, 5.41) is 1.71. The quantitative estimate of drug-likeness (QED) is 0.691. The molecule has 3 nitrogen and oxygen atoms in total. The van der Waals surface area contributed by atoms with E-state index >= 15 is 0 Å². The molecule has 0 amide bonds. The molecule has 2 aromatic carbocycles. The summed E-state index contributed by atoms with van der Waals surface area (Å²) in [5.74, 6) is 1.05. The topological polar surface area (TPSA) is 38.7 Å². The van der Waals surface area contributed by atoms with Gasteiger partial charge in [0.05, 0.1) is 6.04 Å². The summed E-state index contributed by atoms with van der Waals surface area (Å²) in [6.07, 6.45) is 0. The molecule has 0 saturated heterocycles. The van der Waals surface area contributed by atoms with Crippen LogP contribution in [0.4, 0.5) is 0 Å². The van der Waals surface area contributed by atoms with Crippen LogP contribution in [-0.4, -0.2) is 24.2 Å². The maximum atomic E-state index is 14.9. The third-order valence-corrected chi connectivity index (χ3v) is 9.02. The molecule has 0 saturated carbocycles. The Kier molecular flexibility index (Phi) is 5.63. The van der Waals surface area contributed by atoms with Gasteiger partial charge in [0.15, 0.2) is 13.0 Å². The average Bonchev–Trinajstić information content (AvgIpc) is 3.11. The van der Waals surface area contributed by atoms with Crippen molar-refractivity contribution in [2.75, 3.05) is 6.61 Å². The monoisotopic (exact) mass is 383 g/mol. The fraction of sp³-hybridized carbons (Fsp3) is 0.435. The van der Waals surface area contributed by atoms with Gasteiger partial charge in [-0.1, -0.05) is 95.3 Å². The number of aliphatic imine (C=N–C) groups is 1. The smallest absolute Gasteiger partial charge is 0.195 e. The van der Waals surface area contributed by atoms with E-state index in [1.807, 2.05) is 60.7 Å².